The average molecular weight is 281 g/mol. The first-order valence-corrected chi connectivity index (χ1v) is 6.50. The van der Waals surface area contributed by atoms with Gasteiger partial charge >= 0.3 is 0 Å². The van der Waals surface area contributed by atoms with E-state index < -0.39 is 0 Å². The summed E-state index contributed by atoms with van der Waals surface area (Å²) in [7, 11) is 3.25. The monoisotopic (exact) mass is 281 g/mol. The second-order valence-corrected chi connectivity index (χ2v) is 4.47. The highest BCUT2D eigenvalue weighted by Gasteiger charge is 2.01. The minimum atomic E-state index is 0.583. The van der Waals surface area contributed by atoms with Crippen LogP contribution in [-0.2, 0) is 0 Å². The maximum absolute atomic E-state index is 5.21. The van der Waals surface area contributed by atoms with Gasteiger partial charge in [0.05, 0.1) is 31.6 Å². The van der Waals surface area contributed by atoms with Gasteiger partial charge in [-0.2, -0.15) is 0 Å². The van der Waals surface area contributed by atoms with Gasteiger partial charge in [0.1, 0.15) is 11.6 Å². The van der Waals surface area contributed by atoms with Crippen molar-refractivity contribution in [1.29, 1.82) is 0 Å². The van der Waals surface area contributed by atoms with Crippen LogP contribution < -0.4 is 14.8 Å². The zero-order valence-electron chi connectivity index (χ0n) is 11.8. The molecule has 106 valence electrons. The molecule has 3 aromatic rings. The van der Waals surface area contributed by atoms with Gasteiger partial charge in [-0.3, -0.25) is 0 Å². The number of hydrogen-bond acceptors (Lipinski definition) is 5. The number of aromatic nitrogens is 2. The third-order valence-electron chi connectivity index (χ3n) is 3.11. The number of hydrogen-bond donors (Lipinski definition) is 1. The van der Waals surface area contributed by atoms with Crippen molar-refractivity contribution in [2.75, 3.05) is 19.5 Å². The molecular formula is C16H15N3O2. The summed E-state index contributed by atoms with van der Waals surface area (Å²) in [5.41, 5.74) is 1.76. The molecule has 0 amide bonds. The highest BCUT2D eigenvalue weighted by molar-refractivity contribution is 5.82. The minimum absolute atomic E-state index is 0.583. The van der Waals surface area contributed by atoms with Crippen molar-refractivity contribution in [3.8, 4) is 11.6 Å². The van der Waals surface area contributed by atoms with E-state index in [1.165, 1.54) is 0 Å². The van der Waals surface area contributed by atoms with Crippen molar-refractivity contribution in [2.24, 2.45) is 0 Å². The van der Waals surface area contributed by atoms with Crippen LogP contribution in [0.5, 0.6) is 11.6 Å². The Hall–Kier alpha value is -2.82. The van der Waals surface area contributed by atoms with E-state index in [1.807, 2.05) is 36.4 Å². The molecule has 0 bridgehead atoms. The Bertz CT molecular complexity index is 757. The molecule has 1 N–H and O–H groups in total. The van der Waals surface area contributed by atoms with Crippen molar-refractivity contribution < 1.29 is 9.47 Å². The van der Waals surface area contributed by atoms with Gasteiger partial charge in [-0.1, -0.05) is 0 Å². The molecule has 2 aromatic heterocycles. The Morgan fingerprint density at radius 1 is 0.952 bits per heavy atom. The van der Waals surface area contributed by atoms with Crippen molar-refractivity contribution in [2.45, 2.75) is 0 Å². The Morgan fingerprint density at radius 3 is 2.57 bits per heavy atom. The molecule has 0 fully saturated rings. The molecule has 0 aliphatic rings. The van der Waals surface area contributed by atoms with Gasteiger partial charge in [0.2, 0.25) is 5.88 Å². The van der Waals surface area contributed by atoms with Crippen molar-refractivity contribution in [1.82, 2.24) is 9.97 Å². The molecular weight excluding hydrogens is 266 g/mol. The van der Waals surface area contributed by atoms with Crippen LogP contribution in [0.3, 0.4) is 0 Å². The zero-order valence-corrected chi connectivity index (χ0v) is 11.8. The number of nitrogens with one attached hydrogen (secondary N) is 1. The van der Waals surface area contributed by atoms with Crippen LogP contribution in [0, 0.1) is 0 Å². The minimum Gasteiger partial charge on any atom is -0.497 e. The third kappa shape index (κ3) is 2.86. The summed E-state index contributed by atoms with van der Waals surface area (Å²) in [5.74, 6) is 2.17. The molecule has 0 spiro atoms. The molecule has 0 atom stereocenters. The number of ether oxygens (including phenoxy) is 2. The molecule has 3 rings (SSSR count). The zero-order chi connectivity index (χ0) is 14.7. The predicted molar refractivity (Wildman–Crippen MR) is 82.4 cm³/mol. The number of methoxy groups -OCH3 is 2. The Kier molecular flexibility index (Phi) is 3.55. The Morgan fingerprint density at radius 2 is 1.86 bits per heavy atom. The molecule has 0 aliphatic heterocycles. The van der Waals surface area contributed by atoms with Crippen molar-refractivity contribution in [3.63, 3.8) is 0 Å². The fourth-order valence-corrected chi connectivity index (χ4v) is 2.02. The summed E-state index contributed by atoms with van der Waals surface area (Å²) >= 11 is 0. The molecule has 0 radical (unpaired) electrons. The summed E-state index contributed by atoms with van der Waals surface area (Å²) in [6.45, 7) is 0. The standard InChI is InChI=1S/C16H15N3O2/c1-20-13-5-6-14-11(9-13)3-7-15(19-14)18-12-4-8-16(21-2)17-10-12/h3-10H,1-2H3,(H,18,19). The lowest BCUT2D eigenvalue weighted by Crippen LogP contribution is -1.95. The van der Waals surface area contributed by atoms with Gasteiger partial charge in [-0.25, -0.2) is 9.97 Å². The lowest BCUT2D eigenvalue weighted by Gasteiger charge is -2.08. The first kappa shape index (κ1) is 13.2. The molecule has 5 heteroatoms. The van der Waals surface area contributed by atoms with Gasteiger partial charge in [0, 0.05) is 11.5 Å². The average Bonchev–Trinajstić information content (AvgIpc) is 2.55. The fourth-order valence-electron chi connectivity index (χ4n) is 2.02. The van der Waals surface area contributed by atoms with E-state index in [0.29, 0.717) is 5.88 Å². The van der Waals surface area contributed by atoms with Crippen LogP contribution in [0.25, 0.3) is 10.9 Å². The van der Waals surface area contributed by atoms with E-state index in [1.54, 1.807) is 26.5 Å². The van der Waals surface area contributed by atoms with Crippen LogP contribution in [0.15, 0.2) is 48.7 Å². The highest BCUT2D eigenvalue weighted by Crippen LogP contribution is 2.22. The fraction of sp³-hybridized carbons (Fsp3) is 0.125. The quantitative estimate of drug-likeness (QED) is 0.794. The normalized spacial score (nSPS) is 10.4. The number of benzene rings is 1. The second-order valence-electron chi connectivity index (χ2n) is 4.47. The molecule has 0 aliphatic carbocycles. The summed E-state index contributed by atoms with van der Waals surface area (Å²) in [6.07, 6.45) is 1.71. The van der Waals surface area contributed by atoms with Gasteiger partial charge < -0.3 is 14.8 Å². The topological polar surface area (TPSA) is 56.3 Å². The van der Waals surface area contributed by atoms with Crippen LogP contribution in [-0.4, -0.2) is 24.2 Å². The van der Waals surface area contributed by atoms with Crippen LogP contribution in [0.4, 0.5) is 11.5 Å². The molecule has 21 heavy (non-hydrogen) atoms. The van der Waals surface area contributed by atoms with Crippen molar-refractivity contribution in [3.05, 3.63) is 48.7 Å². The largest absolute Gasteiger partial charge is 0.497 e. The van der Waals surface area contributed by atoms with E-state index in [4.69, 9.17) is 9.47 Å². The first-order chi connectivity index (χ1) is 10.3. The molecule has 1 aromatic carbocycles. The van der Waals surface area contributed by atoms with Crippen LogP contribution in [0.2, 0.25) is 0 Å². The SMILES string of the molecule is COc1ccc2nc(Nc3ccc(OC)nc3)ccc2c1. The molecule has 2 heterocycles. The summed E-state index contributed by atoms with van der Waals surface area (Å²) in [6, 6.07) is 13.4. The predicted octanol–water partition coefficient (Wildman–Crippen LogP) is 3.39. The van der Waals surface area contributed by atoms with Crippen molar-refractivity contribution >= 4 is 22.4 Å². The number of anilines is 2. The number of fused-ring (bicyclic) bond motifs is 1. The maximum Gasteiger partial charge on any atom is 0.213 e. The first-order valence-electron chi connectivity index (χ1n) is 6.50. The highest BCUT2D eigenvalue weighted by atomic mass is 16.5. The second kappa shape index (κ2) is 5.66. The number of nitrogens with zero attached hydrogens (tertiary/aromatic N) is 2. The van der Waals surface area contributed by atoms with E-state index >= 15 is 0 Å². The van der Waals surface area contributed by atoms with E-state index in [0.717, 1.165) is 28.2 Å². The number of rotatable bonds is 4. The summed E-state index contributed by atoms with van der Waals surface area (Å²) in [5, 5.41) is 4.25. The molecule has 0 saturated carbocycles. The van der Waals surface area contributed by atoms with Gasteiger partial charge in [-0.15, -0.1) is 0 Å². The Labute approximate surface area is 122 Å². The van der Waals surface area contributed by atoms with E-state index in [2.05, 4.69) is 15.3 Å². The molecule has 5 nitrogen and oxygen atoms in total. The Balaban J connectivity index is 1.86. The smallest absolute Gasteiger partial charge is 0.213 e. The molecule has 0 saturated heterocycles. The molecule has 0 unspecified atom stereocenters. The van der Waals surface area contributed by atoms with Gasteiger partial charge in [0.25, 0.3) is 0 Å². The van der Waals surface area contributed by atoms with E-state index in [-0.39, 0.29) is 0 Å². The van der Waals surface area contributed by atoms with Gasteiger partial charge in [0.15, 0.2) is 0 Å². The number of pyridine rings is 2. The summed E-state index contributed by atoms with van der Waals surface area (Å²) < 4.78 is 10.2. The lowest BCUT2D eigenvalue weighted by atomic mass is 10.2. The van der Waals surface area contributed by atoms with Crippen LogP contribution >= 0.6 is 0 Å². The van der Waals surface area contributed by atoms with Crippen LogP contribution in [0.1, 0.15) is 0 Å². The summed E-state index contributed by atoms with van der Waals surface area (Å²) in [4.78, 5) is 8.71. The maximum atomic E-state index is 5.21. The third-order valence-corrected chi connectivity index (χ3v) is 3.11. The van der Waals surface area contributed by atoms with Gasteiger partial charge in [-0.05, 0) is 36.4 Å². The van der Waals surface area contributed by atoms with E-state index in [9.17, 15) is 0 Å². The lowest BCUT2D eigenvalue weighted by molar-refractivity contribution is 0.398.